The van der Waals surface area contributed by atoms with Gasteiger partial charge in [-0.05, 0) is 12.8 Å². The normalized spacial score (nSPS) is 17.2. The van der Waals surface area contributed by atoms with Crippen LogP contribution in [0.1, 0.15) is 19.8 Å². The van der Waals surface area contributed by atoms with Gasteiger partial charge in [0.2, 0.25) is 0 Å². The van der Waals surface area contributed by atoms with Gasteiger partial charge in [-0.25, -0.2) is 0 Å². The second-order valence-corrected chi connectivity index (χ2v) is 2.12. The smallest absolute Gasteiger partial charge is 0.0466 e. The molecule has 1 aliphatic heterocycles. The summed E-state index contributed by atoms with van der Waals surface area (Å²) in [6.07, 6.45) is 2.56. The first-order chi connectivity index (χ1) is 3.91. The van der Waals surface area contributed by atoms with Crippen molar-refractivity contribution in [3.8, 4) is 0 Å². The van der Waals surface area contributed by atoms with Crippen LogP contribution in [0.5, 0.6) is 0 Å². The molecule has 0 bridgehead atoms. The summed E-state index contributed by atoms with van der Waals surface area (Å²) in [4.78, 5) is 0. The van der Waals surface area contributed by atoms with Gasteiger partial charge in [0.25, 0.3) is 0 Å². The zero-order valence-corrected chi connectivity index (χ0v) is 6.08. The van der Waals surface area contributed by atoms with Crippen LogP contribution in [0.3, 0.4) is 0 Å². The van der Waals surface area contributed by atoms with Crippen molar-refractivity contribution in [3.63, 3.8) is 0 Å². The highest BCUT2D eigenvalue weighted by molar-refractivity contribution is 6.17. The van der Waals surface area contributed by atoms with Gasteiger partial charge >= 0.3 is 0 Å². The van der Waals surface area contributed by atoms with Crippen molar-refractivity contribution in [2.45, 2.75) is 19.8 Å². The van der Waals surface area contributed by atoms with Gasteiger partial charge in [-0.2, -0.15) is 0 Å². The maximum atomic E-state index is 5.00. The molecular formula is C6H13ClO. The molecule has 1 rings (SSSR count). The van der Waals surface area contributed by atoms with Gasteiger partial charge in [0.15, 0.2) is 0 Å². The molecule has 2 heteroatoms. The van der Waals surface area contributed by atoms with Crippen LogP contribution >= 0.6 is 11.6 Å². The maximum absolute atomic E-state index is 5.00. The summed E-state index contributed by atoms with van der Waals surface area (Å²) in [7, 11) is 0. The van der Waals surface area contributed by atoms with Crippen molar-refractivity contribution in [1.29, 1.82) is 0 Å². The Balaban J connectivity index is 0.000000145. The summed E-state index contributed by atoms with van der Waals surface area (Å²) < 4.78 is 4.94. The lowest BCUT2D eigenvalue weighted by Crippen LogP contribution is -1.74. The van der Waals surface area contributed by atoms with Crippen molar-refractivity contribution < 1.29 is 4.74 Å². The largest absolute Gasteiger partial charge is 0.381 e. The molecule has 0 saturated carbocycles. The molecule has 0 unspecified atom stereocenters. The molecule has 0 aromatic carbocycles. The third-order valence-corrected chi connectivity index (χ3v) is 0.827. The van der Waals surface area contributed by atoms with Crippen LogP contribution in [0, 0.1) is 0 Å². The SMILES string of the molecule is C1CCOC1.CCCl. The molecule has 0 atom stereocenters. The molecule has 0 aromatic heterocycles. The van der Waals surface area contributed by atoms with Crippen LogP contribution in [0.2, 0.25) is 0 Å². The Labute approximate surface area is 56.0 Å². The van der Waals surface area contributed by atoms with Crippen molar-refractivity contribution in [2.24, 2.45) is 0 Å². The minimum Gasteiger partial charge on any atom is -0.381 e. The molecule has 0 aliphatic carbocycles. The number of alkyl halides is 1. The van der Waals surface area contributed by atoms with E-state index < -0.39 is 0 Å². The van der Waals surface area contributed by atoms with E-state index in [-0.39, 0.29) is 0 Å². The van der Waals surface area contributed by atoms with Gasteiger partial charge in [0.1, 0.15) is 0 Å². The Kier molecular flexibility index (Phi) is 7.48. The maximum Gasteiger partial charge on any atom is 0.0466 e. The molecule has 1 heterocycles. The number of hydrogen-bond donors (Lipinski definition) is 0. The van der Waals surface area contributed by atoms with E-state index in [0.29, 0.717) is 0 Å². The summed E-state index contributed by atoms with van der Waals surface area (Å²) in [6, 6.07) is 0. The fraction of sp³-hybridized carbons (Fsp3) is 1.00. The quantitative estimate of drug-likeness (QED) is 0.463. The minimum atomic E-state index is 0.722. The summed E-state index contributed by atoms with van der Waals surface area (Å²) in [5, 5.41) is 0. The Morgan fingerprint density at radius 1 is 1.38 bits per heavy atom. The Hall–Kier alpha value is 0.250. The Bertz CT molecular complexity index is 27.9. The fourth-order valence-corrected chi connectivity index (χ4v) is 0.510. The molecule has 0 N–H and O–H groups in total. The molecule has 50 valence electrons. The number of rotatable bonds is 0. The van der Waals surface area contributed by atoms with Crippen molar-refractivity contribution >= 4 is 11.6 Å². The van der Waals surface area contributed by atoms with Gasteiger partial charge in [0.05, 0.1) is 0 Å². The van der Waals surface area contributed by atoms with E-state index in [1.54, 1.807) is 0 Å². The Morgan fingerprint density at radius 2 is 1.75 bits per heavy atom. The molecule has 1 fully saturated rings. The van der Waals surface area contributed by atoms with E-state index in [1.165, 1.54) is 12.8 Å². The third-order valence-electron chi connectivity index (χ3n) is 0.827. The van der Waals surface area contributed by atoms with Gasteiger partial charge in [-0.15, -0.1) is 11.6 Å². The molecular weight excluding hydrogens is 124 g/mol. The molecule has 1 nitrogen and oxygen atoms in total. The molecule has 1 saturated heterocycles. The average molecular weight is 137 g/mol. The highest BCUT2D eigenvalue weighted by Gasteiger charge is 1.94. The zero-order chi connectivity index (χ0) is 6.24. The van der Waals surface area contributed by atoms with Crippen LogP contribution in [-0.2, 0) is 4.74 Å². The van der Waals surface area contributed by atoms with E-state index >= 15 is 0 Å². The van der Waals surface area contributed by atoms with Crippen molar-refractivity contribution in [1.82, 2.24) is 0 Å². The van der Waals surface area contributed by atoms with E-state index in [4.69, 9.17) is 16.3 Å². The topological polar surface area (TPSA) is 9.23 Å². The van der Waals surface area contributed by atoms with Gasteiger partial charge in [-0.3, -0.25) is 0 Å². The van der Waals surface area contributed by atoms with Crippen LogP contribution in [0.25, 0.3) is 0 Å². The van der Waals surface area contributed by atoms with E-state index in [0.717, 1.165) is 19.1 Å². The van der Waals surface area contributed by atoms with E-state index in [2.05, 4.69) is 0 Å². The van der Waals surface area contributed by atoms with Gasteiger partial charge < -0.3 is 4.74 Å². The molecule has 0 radical (unpaired) electrons. The first-order valence-corrected chi connectivity index (χ1v) is 3.59. The predicted octanol–water partition coefficient (Wildman–Crippen LogP) is 2.04. The van der Waals surface area contributed by atoms with Crippen LogP contribution in [-0.4, -0.2) is 19.1 Å². The molecule has 8 heavy (non-hydrogen) atoms. The predicted molar refractivity (Wildman–Crippen MR) is 36.4 cm³/mol. The van der Waals surface area contributed by atoms with Gasteiger partial charge in [-0.1, -0.05) is 6.92 Å². The molecule has 0 amide bonds. The standard InChI is InChI=1S/C4H8O.C2H5Cl/c1-2-4-5-3-1;1-2-3/h1-4H2;2H2,1H3. The Morgan fingerprint density at radius 3 is 1.88 bits per heavy atom. The number of hydrogen-bond acceptors (Lipinski definition) is 1. The number of ether oxygens (including phenoxy) is 1. The highest BCUT2D eigenvalue weighted by atomic mass is 35.5. The third kappa shape index (κ3) is 6.25. The first kappa shape index (κ1) is 8.25. The second-order valence-electron chi connectivity index (χ2n) is 1.59. The van der Waals surface area contributed by atoms with Crippen LogP contribution in [0.4, 0.5) is 0 Å². The summed E-state index contributed by atoms with van der Waals surface area (Å²) in [6.45, 7) is 3.89. The molecule has 0 aromatic rings. The van der Waals surface area contributed by atoms with Crippen molar-refractivity contribution in [2.75, 3.05) is 19.1 Å². The van der Waals surface area contributed by atoms with Crippen LogP contribution in [0.15, 0.2) is 0 Å². The lowest BCUT2D eigenvalue weighted by molar-refractivity contribution is 0.198. The lowest BCUT2D eigenvalue weighted by Gasteiger charge is -1.76. The highest BCUT2D eigenvalue weighted by Crippen LogP contribution is 1.98. The summed E-state index contributed by atoms with van der Waals surface area (Å²) in [5.41, 5.74) is 0. The fourth-order valence-electron chi connectivity index (χ4n) is 0.510. The van der Waals surface area contributed by atoms with Crippen LogP contribution < -0.4 is 0 Å². The average Bonchev–Trinajstić information content (AvgIpc) is 2.17. The monoisotopic (exact) mass is 136 g/mol. The summed E-state index contributed by atoms with van der Waals surface area (Å²) in [5.74, 6) is 0.722. The van der Waals surface area contributed by atoms with E-state index in [1.807, 2.05) is 6.92 Å². The molecule has 1 aliphatic rings. The number of halogens is 1. The molecule has 0 spiro atoms. The summed E-state index contributed by atoms with van der Waals surface area (Å²) >= 11 is 5.00. The zero-order valence-electron chi connectivity index (χ0n) is 5.32. The minimum absolute atomic E-state index is 0.722. The second kappa shape index (κ2) is 7.25. The first-order valence-electron chi connectivity index (χ1n) is 3.05. The van der Waals surface area contributed by atoms with Gasteiger partial charge in [0, 0.05) is 19.1 Å². The van der Waals surface area contributed by atoms with Crippen molar-refractivity contribution in [3.05, 3.63) is 0 Å². The van der Waals surface area contributed by atoms with E-state index in [9.17, 15) is 0 Å². The lowest BCUT2D eigenvalue weighted by atomic mass is 10.4.